The zero-order chi connectivity index (χ0) is 10.5. The van der Waals surface area contributed by atoms with Crippen LogP contribution in [0.3, 0.4) is 0 Å². The minimum atomic E-state index is 0.0379. The smallest absolute Gasteiger partial charge is 0.0697 e. The van der Waals surface area contributed by atoms with Gasteiger partial charge in [0.15, 0.2) is 0 Å². The minimum absolute atomic E-state index is 0.0379. The number of hydrogen-bond acceptors (Lipinski definition) is 3. The second-order valence-corrected chi connectivity index (χ2v) is 4.25. The third kappa shape index (κ3) is 2.81. The summed E-state index contributed by atoms with van der Waals surface area (Å²) in [5, 5.41) is 8.98. The summed E-state index contributed by atoms with van der Waals surface area (Å²) in [6, 6.07) is 12.1. The highest BCUT2D eigenvalue weighted by Crippen LogP contribution is 2.26. The van der Waals surface area contributed by atoms with E-state index < -0.39 is 0 Å². The van der Waals surface area contributed by atoms with Gasteiger partial charge in [0.05, 0.1) is 6.61 Å². The molecule has 1 N–H and O–H groups in total. The Bertz CT molecular complexity index is 431. The Balaban J connectivity index is 2.17. The molecule has 0 saturated carbocycles. The summed E-state index contributed by atoms with van der Waals surface area (Å²) >= 11 is 1.64. The van der Waals surface area contributed by atoms with Crippen molar-refractivity contribution in [2.75, 3.05) is 0 Å². The Morgan fingerprint density at radius 2 is 1.87 bits per heavy atom. The molecular weight excluding hydrogens is 206 g/mol. The second-order valence-electron chi connectivity index (χ2n) is 3.10. The molecule has 1 aromatic heterocycles. The number of pyridine rings is 1. The summed E-state index contributed by atoms with van der Waals surface area (Å²) in [4.78, 5) is 6.29. The predicted molar refractivity (Wildman–Crippen MR) is 60.7 cm³/mol. The third-order valence-corrected chi connectivity index (χ3v) is 2.90. The van der Waals surface area contributed by atoms with Crippen LogP contribution >= 0.6 is 11.8 Å². The molecule has 1 heterocycles. The summed E-state index contributed by atoms with van der Waals surface area (Å²) in [6.07, 6.45) is 3.48. The topological polar surface area (TPSA) is 33.1 Å². The Labute approximate surface area is 93.0 Å². The maximum Gasteiger partial charge on any atom is 0.0697 e. The first-order valence-electron chi connectivity index (χ1n) is 4.66. The first kappa shape index (κ1) is 10.2. The average molecular weight is 217 g/mol. The van der Waals surface area contributed by atoms with Crippen LogP contribution in [0.15, 0.2) is 58.6 Å². The van der Waals surface area contributed by atoms with Gasteiger partial charge in [-0.2, -0.15) is 0 Å². The van der Waals surface area contributed by atoms with Crippen LogP contribution in [-0.2, 0) is 6.61 Å². The van der Waals surface area contributed by atoms with Crippen molar-refractivity contribution in [1.82, 2.24) is 4.98 Å². The molecule has 1 aromatic carbocycles. The van der Waals surface area contributed by atoms with Crippen LogP contribution < -0.4 is 0 Å². The summed E-state index contributed by atoms with van der Waals surface area (Å²) in [5.41, 5.74) is 0.843. The van der Waals surface area contributed by atoms with Gasteiger partial charge in [-0.1, -0.05) is 30.0 Å². The van der Waals surface area contributed by atoms with Crippen molar-refractivity contribution in [3.8, 4) is 0 Å². The van der Waals surface area contributed by atoms with Crippen molar-refractivity contribution in [3.63, 3.8) is 0 Å². The van der Waals surface area contributed by atoms with Crippen molar-refractivity contribution in [1.29, 1.82) is 0 Å². The van der Waals surface area contributed by atoms with Gasteiger partial charge in [-0.15, -0.1) is 0 Å². The molecule has 0 spiro atoms. The fourth-order valence-electron chi connectivity index (χ4n) is 1.23. The summed E-state index contributed by atoms with van der Waals surface area (Å²) in [5.74, 6) is 0. The van der Waals surface area contributed by atoms with E-state index in [-0.39, 0.29) is 6.61 Å². The van der Waals surface area contributed by atoms with Crippen molar-refractivity contribution < 1.29 is 5.11 Å². The van der Waals surface area contributed by atoms with Crippen molar-refractivity contribution in [2.45, 2.75) is 16.4 Å². The minimum Gasteiger partial charge on any atom is -0.392 e. The van der Waals surface area contributed by atoms with Crippen LogP contribution in [-0.4, -0.2) is 10.1 Å². The van der Waals surface area contributed by atoms with E-state index in [1.165, 1.54) is 4.90 Å². The van der Waals surface area contributed by atoms with Gasteiger partial charge >= 0.3 is 0 Å². The van der Waals surface area contributed by atoms with Gasteiger partial charge in [-0.3, -0.25) is 4.98 Å². The SMILES string of the molecule is OCc1cncc(Sc2ccccc2)c1. The highest BCUT2D eigenvalue weighted by Gasteiger charge is 1.98. The van der Waals surface area contributed by atoms with Crippen molar-refractivity contribution in [2.24, 2.45) is 0 Å². The lowest BCUT2D eigenvalue weighted by molar-refractivity contribution is 0.281. The van der Waals surface area contributed by atoms with Crippen LogP contribution in [0, 0.1) is 0 Å². The Morgan fingerprint density at radius 1 is 1.07 bits per heavy atom. The van der Waals surface area contributed by atoms with Gasteiger partial charge in [0, 0.05) is 22.2 Å². The van der Waals surface area contributed by atoms with Crippen LogP contribution in [0.1, 0.15) is 5.56 Å². The molecule has 0 amide bonds. The van der Waals surface area contributed by atoms with Gasteiger partial charge in [0.25, 0.3) is 0 Å². The number of aliphatic hydroxyl groups is 1. The maximum absolute atomic E-state index is 8.98. The largest absolute Gasteiger partial charge is 0.392 e. The lowest BCUT2D eigenvalue weighted by Gasteiger charge is -2.02. The Hall–Kier alpha value is -1.32. The van der Waals surface area contributed by atoms with E-state index in [0.717, 1.165) is 10.5 Å². The molecule has 2 rings (SSSR count). The third-order valence-electron chi connectivity index (χ3n) is 1.93. The number of nitrogens with zero attached hydrogens (tertiary/aromatic N) is 1. The normalized spacial score (nSPS) is 10.2. The number of rotatable bonds is 3. The van der Waals surface area contributed by atoms with Crippen LogP contribution in [0.2, 0.25) is 0 Å². The Morgan fingerprint density at radius 3 is 2.60 bits per heavy atom. The molecule has 76 valence electrons. The quantitative estimate of drug-likeness (QED) is 0.858. The van der Waals surface area contributed by atoms with E-state index in [4.69, 9.17) is 5.11 Å². The lowest BCUT2D eigenvalue weighted by atomic mass is 10.3. The first-order chi connectivity index (χ1) is 7.38. The van der Waals surface area contributed by atoms with Gasteiger partial charge < -0.3 is 5.11 Å². The molecule has 15 heavy (non-hydrogen) atoms. The molecule has 0 fully saturated rings. The molecule has 3 heteroatoms. The Kier molecular flexibility index (Phi) is 3.37. The van der Waals surface area contributed by atoms with Gasteiger partial charge in [0.1, 0.15) is 0 Å². The van der Waals surface area contributed by atoms with Gasteiger partial charge in [0.2, 0.25) is 0 Å². The first-order valence-corrected chi connectivity index (χ1v) is 5.48. The standard InChI is InChI=1S/C12H11NOS/c14-9-10-6-12(8-13-7-10)15-11-4-2-1-3-5-11/h1-8,14H,9H2. The van der Waals surface area contributed by atoms with E-state index in [1.807, 2.05) is 24.3 Å². The molecule has 0 atom stereocenters. The molecule has 0 aliphatic heterocycles. The summed E-state index contributed by atoms with van der Waals surface area (Å²) in [7, 11) is 0. The zero-order valence-electron chi connectivity index (χ0n) is 8.13. The highest BCUT2D eigenvalue weighted by atomic mass is 32.2. The molecule has 2 aromatic rings. The van der Waals surface area contributed by atoms with E-state index in [1.54, 1.807) is 24.2 Å². The number of hydrogen-bond donors (Lipinski definition) is 1. The van der Waals surface area contributed by atoms with E-state index in [9.17, 15) is 0 Å². The molecule has 0 aliphatic carbocycles. The van der Waals surface area contributed by atoms with Crippen LogP contribution in [0.25, 0.3) is 0 Å². The number of aliphatic hydroxyl groups excluding tert-OH is 1. The number of benzene rings is 1. The lowest BCUT2D eigenvalue weighted by Crippen LogP contribution is -1.85. The van der Waals surface area contributed by atoms with E-state index in [0.29, 0.717) is 0 Å². The molecule has 0 unspecified atom stereocenters. The monoisotopic (exact) mass is 217 g/mol. The molecule has 0 saturated heterocycles. The zero-order valence-corrected chi connectivity index (χ0v) is 8.95. The van der Waals surface area contributed by atoms with E-state index >= 15 is 0 Å². The van der Waals surface area contributed by atoms with Gasteiger partial charge in [-0.25, -0.2) is 0 Å². The average Bonchev–Trinajstić information content (AvgIpc) is 2.31. The molecule has 0 radical (unpaired) electrons. The van der Waals surface area contributed by atoms with Crippen molar-refractivity contribution in [3.05, 3.63) is 54.4 Å². The van der Waals surface area contributed by atoms with Gasteiger partial charge in [-0.05, 0) is 23.8 Å². The van der Waals surface area contributed by atoms with Crippen LogP contribution in [0.5, 0.6) is 0 Å². The second kappa shape index (κ2) is 4.96. The number of aromatic nitrogens is 1. The fourth-order valence-corrected chi connectivity index (χ4v) is 2.12. The summed E-state index contributed by atoms with van der Waals surface area (Å²) < 4.78 is 0. The highest BCUT2D eigenvalue weighted by molar-refractivity contribution is 7.99. The summed E-state index contributed by atoms with van der Waals surface area (Å²) in [6.45, 7) is 0.0379. The molecular formula is C12H11NOS. The maximum atomic E-state index is 8.98. The molecule has 0 bridgehead atoms. The molecule has 0 aliphatic rings. The fraction of sp³-hybridized carbons (Fsp3) is 0.0833. The van der Waals surface area contributed by atoms with E-state index in [2.05, 4.69) is 17.1 Å². The predicted octanol–water partition coefficient (Wildman–Crippen LogP) is 2.73. The van der Waals surface area contributed by atoms with Crippen molar-refractivity contribution >= 4 is 11.8 Å². The van der Waals surface area contributed by atoms with Crippen LogP contribution in [0.4, 0.5) is 0 Å². The molecule has 2 nitrogen and oxygen atoms in total.